The molecule has 0 aliphatic carbocycles. The van der Waals surface area contributed by atoms with Gasteiger partial charge < -0.3 is 10.1 Å². The zero-order valence-electron chi connectivity index (χ0n) is 11.8. The summed E-state index contributed by atoms with van der Waals surface area (Å²) in [5.41, 5.74) is 1.13. The van der Waals surface area contributed by atoms with Crippen LogP contribution >= 0.6 is 11.3 Å². The summed E-state index contributed by atoms with van der Waals surface area (Å²) in [7, 11) is 0. The van der Waals surface area contributed by atoms with Crippen LogP contribution in [0.3, 0.4) is 0 Å². The average molecular weight is 301 g/mol. The lowest BCUT2D eigenvalue weighted by Gasteiger charge is -2.05. The van der Waals surface area contributed by atoms with E-state index >= 15 is 0 Å². The number of carbonyl (C=O) groups is 1. The first-order chi connectivity index (χ1) is 10.2. The lowest BCUT2D eigenvalue weighted by atomic mass is 10.3. The van der Waals surface area contributed by atoms with Gasteiger partial charge in [-0.05, 0) is 38.1 Å². The predicted molar refractivity (Wildman–Crippen MR) is 83.4 cm³/mol. The number of aromatic nitrogens is 2. The summed E-state index contributed by atoms with van der Waals surface area (Å²) < 4.78 is 7.23. The lowest BCUT2D eigenvalue weighted by Crippen LogP contribution is -2.12. The van der Waals surface area contributed by atoms with Gasteiger partial charge in [0.2, 0.25) is 0 Å². The van der Waals surface area contributed by atoms with Crippen molar-refractivity contribution in [2.45, 2.75) is 13.8 Å². The number of benzene rings is 1. The molecule has 0 saturated carbocycles. The predicted octanol–water partition coefficient (Wildman–Crippen LogP) is 3.36. The highest BCUT2D eigenvalue weighted by Crippen LogP contribution is 2.19. The second-order valence-electron chi connectivity index (χ2n) is 4.57. The quantitative estimate of drug-likeness (QED) is 0.804. The van der Waals surface area contributed by atoms with Crippen molar-refractivity contribution in [3.05, 3.63) is 47.2 Å². The Bertz CT molecular complexity index is 742. The molecule has 0 saturated heterocycles. The normalized spacial score (nSPS) is 10.8. The fourth-order valence-corrected chi connectivity index (χ4v) is 2.83. The van der Waals surface area contributed by atoms with Crippen molar-refractivity contribution < 1.29 is 9.53 Å². The van der Waals surface area contributed by atoms with Crippen molar-refractivity contribution in [1.82, 2.24) is 9.38 Å². The minimum Gasteiger partial charge on any atom is -0.494 e. The molecule has 21 heavy (non-hydrogen) atoms. The maximum atomic E-state index is 12.2. The molecule has 2 heterocycles. The van der Waals surface area contributed by atoms with Crippen LogP contribution in [0.5, 0.6) is 5.75 Å². The minimum atomic E-state index is -0.215. The van der Waals surface area contributed by atoms with Crippen LogP contribution in [0.15, 0.2) is 36.7 Å². The van der Waals surface area contributed by atoms with Crippen LogP contribution in [-0.4, -0.2) is 21.9 Å². The van der Waals surface area contributed by atoms with Gasteiger partial charge >= 0.3 is 0 Å². The molecule has 0 fully saturated rings. The van der Waals surface area contributed by atoms with Crippen LogP contribution < -0.4 is 10.1 Å². The zero-order valence-corrected chi connectivity index (χ0v) is 12.6. The molecule has 108 valence electrons. The summed E-state index contributed by atoms with van der Waals surface area (Å²) in [6, 6.07) is 7.28. The van der Waals surface area contributed by atoms with Crippen molar-refractivity contribution in [1.29, 1.82) is 0 Å². The molecule has 0 aliphatic heterocycles. The van der Waals surface area contributed by atoms with E-state index in [-0.39, 0.29) is 5.91 Å². The van der Waals surface area contributed by atoms with E-state index in [1.165, 1.54) is 0 Å². The van der Waals surface area contributed by atoms with Gasteiger partial charge in [0.1, 0.15) is 11.4 Å². The zero-order chi connectivity index (χ0) is 14.8. The van der Waals surface area contributed by atoms with Gasteiger partial charge in [-0.3, -0.25) is 9.20 Å². The first-order valence-corrected chi connectivity index (χ1v) is 7.46. The number of nitrogens with one attached hydrogen (secondary N) is 1. The summed E-state index contributed by atoms with van der Waals surface area (Å²) in [6.07, 6.45) is 3.70. The van der Waals surface area contributed by atoms with E-state index in [4.69, 9.17) is 4.74 Å². The molecule has 1 aromatic carbocycles. The molecular formula is C15H15N3O2S. The Balaban J connectivity index is 1.74. The van der Waals surface area contributed by atoms with E-state index in [9.17, 15) is 4.79 Å². The van der Waals surface area contributed by atoms with E-state index in [1.807, 2.05) is 48.7 Å². The number of hydrogen-bond acceptors (Lipinski definition) is 4. The molecule has 3 rings (SSSR count). The van der Waals surface area contributed by atoms with Crippen LogP contribution in [0, 0.1) is 6.92 Å². The smallest absolute Gasteiger partial charge is 0.275 e. The Labute approximate surface area is 126 Å². The topological polar surface area (TPSA) is 55.6 Å². The fourth-order valence-electron chi connectivity index (χ4n) is 2.02. The van der Waals surface area contributed by atoms with Gasteiger partial charge in [-0.15, -0.1) is 11.3 Å². The molecule has 0 radical (unpaired) electrons. The molecule has 6 heteroatoms. The molecule has 3 aromatic rings. The Hall–Kier alpha value is -2.34. The monoisotopic (exact) mass is 301 g/mol. The number of hydrogen-bond donors (Lipinski definition) is 1. The SMILES string of the molecule is CCOc1ccc(NC(=O)c2cn3cc(C)sc3n2)cc1. The number of anilines is 1. The fraction of sp³-hybridized carbons (Fsp3) is 0.200. The van der Waals surface area contributed by atoms with E-state index in [0.29, 0.717) is 12.3 Å². The largest absolute Gasteiger partial charge is 0.494 e. The average Bonchev–Trinajstić information content (AvgIpc) is 2.98. The molecule has 1 amide bonds. The van der Waals surface area contributed by atoms with Gasteiger partial charge in [0.15, 0.2) is 4.96 Å². The maximum Gasteiger partial charge on any atom is 0.275 e. The van der Waals surface area contributed by atoms with Crippen LogP contribution in [0.1, 0.15) is 22.3 Å². The molecular weight excluding hydrogens is 286 g/mol. The third-order valence-corrected chi connectivity index (χ3v) is 3.84. The molecule has 0 spiro atoms. The summed E-state index contributed by atoms with van der Waals surface area (Å²) in [4.78, 5) is 18.5. The number of carbonyl (C=O) groups excluding carboxylic acids is 1. The van der Waals surface area contributed by atoms with Crippen LogP contribution in [-0.2, 0) is 0 Å². The number of aryl methyl sites for hydroxylation is 1. The third kappa shape index (κ3) is 2.90. The molecule has 0 bridgehead atoms. The van der Waals surface area contributed by atoms with Crippen molar-refractivity contribution in [3.63, 3.8) is 0 Å². The van der Waals surface area contributed by atoms with Gasteiger partial charge in [0.05, 0.1) is 6.61 Å². The Kier molecular flexibility index (Phi) is 3.62. The molecule has 0 aliphatic rings. The van der Waals surface area contributed by atoms with Crippen LogP contribution in [0.25, 0.3) is 4.96 Å². The Morgan fingerprint density at radius 3 is 2.76 bits per heavy atom. The van der Waals surface area contributed by atoms with Crippen LogP contribution in [0.4, 0.5) is 5.69 Å². The van der Waals surface area contributed by atoms with E-state index in [0.717, 1.165) is 21.3 Å². The first kappa shape index (κ1) is 13.6. The Morgan fingerprint density at radius 1 is 1.33 bits per heavy atom. The minimum absolute atomic E-state index is 0.215. The summed E-state index contributed by atoms with van der Waals surface area (Å²) >= 11 is 1.56. The van der Waals surface area contributed by atoms with Gasteiger partial charge in [-0.2, -0.15) is 0 Å². The summed E-state index contributed by atoms with van der Waals surface area (Å²) in [5, 5.41) is 2.83. The molecule has 0 unspecified atom stereocenters. The highest BCUT2D eigenvalue weighted by Gasteiger charge is 2.12. The molecule has 2 aromatic heterocycles. The number of ether oxygens (including phenoxy) is 1. The number of rotatable bonds is 4. The molecule has 0 atom stereocenters. The molecule has 1 N–H and O–H groups in total. The van der Waals surface area contributed by atoms with Crippen molar-refractivity contribution in [3.8, 4) is 5.75 Å². The number of fused-ring (bicyclic) bond motifs is 1. The second kappa shape index (κ2) is 5.57. The molecule has 5 nitrogen and oxygen atoms in total. The Morgan fingerprint density at radius 2 is 2.10 bits per heavy atom. The van der Waals surface area contributed by atoms with E-state index in [2.05, 4.69) is 10.3 Å². The van der Waals surface area contributed by atoms with Gasteiger partial charge in [0.25, 0.3) is 5.91 Å². The lowest BCUT2D eigenvalue weighted by molar-refractivity contribution is 0.102. The van der Waals surface area contributed by atoms with Crippen molar-refractivity contribution in [2.75, 3.05) is 11.9 Å². The number of nitrogens with zero attached hydrogens (tertiary/aromatic N) is 2. The highest BCUT2D eigenvalue weighted by molar-refractivity contribution is 7.17. The highest BCUT2D eigenvalue weighted by atomic mass is 32.1. The van der Waals surface area contributed by atoms with Gasteiger partial charge in [0, 0.05) is 23.0 Å². The van der Waals surface area contributed by atoms with E-state index in [1.54, 1.807) is 17.5 Å². The summed E-state index contributed by atoms with van der Waals surface area (Å²) in [5.74, 6) is 0.571. The van der Waals surface area contributed by atoms with Crippen LogP contribution in [0.2, 0.25) is 0 Å². The first-order valence-electron chi connectivity index (χ1n) is 6.65. The number of amides is 1. The van der Waals surface area contributed by atoms with Gasteiger partial charge in [-0.1, -0.05) is 0 Å². The van der Waals surface area contributed by atoms with Crippen molar-refractivity contribution in [2.24, 2.45) is 0 Å². The second-order valence-corrected chi connectivity index (χ2v) is 5.78. The summed E-state index contributed by atoms with van der Waals surface area (Å²) in [6.45, 7) is 4.57. The van der Waals surface area contributed by atoms with Gasteiger partial charge in [-0.25, -0.2) is 4.98 Å². The van der Waals surface area contributed by atoms with Crippen molar-refractivity contribution >= 4 is 27.9 Å². The van der Waals surface area contributed by atoms with E-state index < -0.39 is 0 Å². The maximum absolute atomic E-state index is 12.2. The number of thiazole rings is 1. The third-order valence-electron chi connectivity index (χ3n) is 2.93. The number of imidazole rings is 1. The standard InChI is InChI=1S/C15H15N3O2S/c1-3-20-12-6-4-11(5-7-12)16-14(19)13-9-18-8-10(2)21-15(18)17-13/h4-9H,3H2,1-2H3,(H,16,19).